The van der Waals surface area contributed by atoms with Gasteiger partial charge in [-0.25, -0.2) is 0 Å². The molecule has 0 bridgehead atoms. The molecule has 34 heavy (non-hydrogen) atoms. The first-order chi connectivity index (χ1) is 16.0. The van der Waals surface area contributed by atoms with Crippen LogP contribution in [0.15, 0.2) is 33.5 Å². The highest BCUT2D eigenvalue weighted by Gasteiger charge is 2.44. The molecule has 2 aromatic carbocycles. The average molecular weight is 478 g/mol. The molecule has 0 unspecified atom stereocenters. The Hall–Kier alpha value is -3.71. The quantitative estimate of drug-likeness (QED) is 0.257. The lowest BCUT2D eigenvalue weighted by Gasteiger charge is -2.38. The number of hydrogen-bond acceptors (Lipinski definition) is 12. The number of benzene rings is 2. The second kappa shape index (κ2) is 8.57. The van der Waals surface area contributed by atoms with Crippen molar-refractivity contribution in [2.75, 3.05) is 7.11 Å². The maximum Gasteiger partial charge on any atom is 0.239 e. The molecule has 12 nitrogen and oxygen atoms in total. The molecule has 0 aliphatic carbocycles. The summed E-state index contributed by atoms with van der Waals surface area (Å²) in [6, 6.07) is 4.42. The highest BCUT2D eigenvalue weighted by atomic mass is 16.7. The van der Waals surface area contributed by atoms with Gasteiger partial charge in [-0.1, -0.05) is 0 Å². The van der Waals surface area contributed by atoms with Gasteiger partial charge in [-0.3, -0.25) is 4.79 Å². The molecule has 0 radical (unpaired) electrons. The number of aromatic hydroxyl groups is 4. The van der Waals surface area contributed by atoms with Crippen LogP contribution in [-0.2, 0) is 4.74 Å². The predicted molar refractivity (Wildman–Crippen MR) is 114 cm³/mol. The molecule has 1 saturated heterocycles. The fourth-order valence-electron chi connectivity index (χ4n) is 3.63. The lowest BCUT2D eigenvalue weighted by atomic mass is 10.00. The van der Waals surface area contributed by atoms with E-state index in [4.69, 9.17) is 18.6 Å². The smallest absolute Gasteiger partial charge is 0.239 e. The van der Waals surface area contributed by atoms with Crippen LogP contribution in [0.2, 0.25) is 0 Å². The second-order valence-electron chi connectivity index (χ2n) is 7.77. The number of methoxy groups -OCH3 is 1. The van der Waals surface area contributed by atoms with Crippen molar-refractivity contribution < 1.29 is 54.4 Å². The van der Waals surface area contributed by atoms with E-state index in [2.05, 4.69) is 0 Å². The van der Waals surface area contributed by atoms with Crippen molar-refractivity contribution in [3.63, 3.8) is 0 Å². The molecule has 0 spiro atoms. The number of phenolic OH excluding ortho intramolecular Hbond substituents is 4. The first-order valence-corrected chi connectivity index (χ1v) is 10.0. The van der Waals surface area contributed by atoms with Crippen LogP contribution in [0, 0.1) is 0 Å². The van der Waals surface area contributed by atoms with E-state index in [1.807, 2.05) is 0 Å². The molecular weight excluding hydrogens is 456 g/mol. The zero-order chi connectivity index (χ0) is 24.9. The lowest BCUT2D eigenvalue weighted by molar-refractivity contribution is -0.268. The molecule has 1 aliphatic rings. The van der Waals surface area contributed by atoms with E-state index in [-0.39, 0.29) is 28.0 Å². The third kappa shape index (κ3) is 3.82. The maximum absolute atomic E-state index is 13.4. The normalized spacial score (nSPS) is 24.8. The van der Waals surface area contributed by atoms with E-state index in [0.29, 0.717) is 0 Å². The summed E-state index contributed by atoms with van der Waals surface area (Å²) >= 11 is 0. The van der Waals surface area contributed by atoms with Gasteiger partial charge < -0.3 is 54.4 Å². The van der Waals surface area contributed by atoms with Crippen LogP contribution in [0.1, 0.15) is 6.92 Å². The van der Waals surface area contributed by atoms with Crippen molar-refractivity contribution in [1.82, 2.24) is 0 Å². The van der Waals surface area contributed by atoms with Crippen molar-refractivity contribution in [2.24, 2.45) is 0 Å². The van der Waals surface area contributed by atoms with E-state index >= 15 is 0 Å². The Labute approximate surface area is 191 Å². The van der Waals surface area contributed by atoms with Crippen LogP contribution >= 0.6 is 0 Å². The van der Waals surface area contributed by atoms with E-state index in [9.17, 15) is 40.5 Å². The SMILES string of the molecule is COc1cc(O)c2c(=O)c(O[C@H]3O[C@H](C)[C@@H](O)[C@H](O)[C@@H]3O)c(-c3cc(O)c(O)c(O)c3)oc2c1. The monoisotopic (exact) mass is 478 g/mol. The fraction of sp³-hybridized carbons (Fsp3) is 0.318. The minimum atomic E-state index is -1.78. The molecule has 182 valence electrons. The molecule has 4 rings (SSSR count). The van der Waals surface area contributed by atoms with Crippen LogP contribution < -0.4 is 14.9 Å². The molecule has 1 aliphatic heterocycles. The van der Waals surface area contributed by atoms with Crippen molar-refractivity contribution in [3.05, 3.63) is 34.5 Å². The summed E-state index contributed by atoms with van der Waals surface area (Å²) in [6.45, 7) is 1.41. The Bertz CT molecular complexity index is 1280. The predicted octanol–water partition coefficient (Wildman–Crippen LogP) is 0.497. The lowest BCUT2D eigenvalue weighted by Crippen LogP contribution is -2.58. The van der Waals surface area contributed by atoms with Gasteiger partial charge in [0.25, 0.3) is 0 Å². The van der Waals surface area contributed by atoms with Gasteiger partial charge in [-0.15, -0.1) is 0 Å². The third-order valence-electron chi connectivity index (χ3n) is 5.52. The van der Waals surface area contributed by atoms with Crippen LogP contribution in [0.25, 0.3) is 22.3 Å². The second-order valence-corrected chi connectivity index (χ2v) is 7.77. The maximum atomic E-state index is 13.4. The Balaban J connectivity index is 1.95. The summed E-state index contributed by atoms with van der Waals surface area (Å²) in [6.07, 6.45) is -7.50. The largest absolute Gasteiger partial charge is 0.507 e. The number of fused-ring (bicyclic) bond motifs is 1. The van der Waals surface area contributed by atoms with Gasteiger partial charge in [0.05, 0.1) is 13.2 Å². The third-order valence-corrected chi connectivity index (χ3v) is 5.52. The summed E-state index contributed by atoms with van der Waals surface area (Å²) in [4.78, 5) is 13.4. The molecule has 7 N–H and O–H groups in total. The molecule has 3 aromatic rings. The Morgan fingerprint density at radius 2 is 1.53 bits per heavy atom. The Morgan fingerprint density at radius 3 is 2.15 bits per heavy atom. The summed E-state index contributed by atoms with van der Waals surface area (Å²) in [7, 11) is 1.33. The van der Waals surface area contributed by atoms with Crippen molar-refractivity contribution in [3.8, 4) is 45.8 Å². The summed E-state index contributed by atoms with van der Waals surface area (Å²) in [5.41, 5.74) is -1.19. The van der Waals surface area contributed by atoms with Crippen LogP contribution in [-0.4, -0.2) is 73.6 Å². The molecule has 1 aromatic heterocycles. The molecule has 2 heterocycles. The zero-order valence-corrected chi connectivity index (χ0v) is 17.9. The van der Waals surface area contributed by atoms with Gasteiger partial charge in [0.15, 0.2) is 23.0 Å². The number of ether oxygens (including phenoxy) is 3. The summed E-state index contributed by atoms with van der Waals surface area (Å²) < 4.78 is 21.8. The van der Waals surface area contributed by atoms with Crippen LogP contribution in [0.3, 0.4) is 0 Å². The first kappa shape index (κ1) is 23.4. The summed E-state index contributed by atoms with van der Waals surface area (Å²) in [5, 5.41) is 70.0. The molecule has 5 atom stereocenters. The van der Waals surface area contributed by atoms with Gasteiger partial charge in [0, 0.05) is 17.7 Å². The molecular formula is C22H22O12. The minimum absolute atomic E-state index is 0.122. The number of phenols is 4. The molecule has 1 fully saturated rings. The van der Waals surface area contributed by atoms with Gasteiger partial charge >= 0.3 is 0 Å². The van der Waals surface area contributed by atoms with Gasteiger partial charge in [-0.2, -0.15) is 0 Å². The van der Waals surface area contributed by atoms with Crippen LogP contribution in [0.4, 0.5) is 0 Å². The fourth-order valence-corrected chi connectivity index (χ4v) is 3.63. The summed E-state index contributed by atoms with van der Waals surface area (Å²) in [5.74, 6) is -3.63. The van der Waals surface area contributed by atoms with E-state index in [1.165, 1.54) is 20.1 Å². The van der Waals surface area contributed by atoms with Gasteiger partial charge in [-0.05, 0) is 19.1 Å². The molecule has 0 amide bonds. The standard InChI is InChI=1S/C22H22O12/c1-7-15(26)18(29)19(30)22(32-7)34-21-17(28)14-10(23)5-9(31-2)6-13(14)33-20(21)8-3-11(24)16(27)12(25)4-8/h3-7,15,18-19,22-27,29-30H,1-2H3/t7-,15-,18+,19+,22-/m1/s1. The molecule has 12 heteroatoms. The number of hydrogen-bond donors (Lipinski definition) is 7. The number of aliphatic hydroxyl groups excluding tert-OH is 3. The van der Waals surface area contributed by atoms with Crippen molar-refractivity contribution in [2.45, 2.75) is 37.6 Å². The van der Waals surface area contributed by atoms with Crippen molar-refractivity contribution >= 4 is 11.0 Å². The van der Waals surface area contributed by atoms with E-state index < -0.39 is 64.9 Å². The first-order valence-electron chi connectivity index (χ1n) is 10.0. The highest BCUT2D eigenvalue weighted by molar-refractivity contribution is 5.88. The van der Waals surface area contributed by atoms with E-state index in [0.717, 1.165) is 18.2 Å². The number of rotatable bonds is 4. The Kier molecular flexibility index (Phi) is 5.91. The van der Waals surface area contributed by atoms with Gasteiger partial charge in [0.2, 0.25) is 17.5 Å². The minimum Gasteiger partial charge on any atom is -0.507 e. The molecule has 0 saturated carbocycles. The topological polar surface area (TPSA) is 200 Å². The highest BCUT2D eigenvalue weighted by Crippen LogP contribution is 2.43. The number of aliphatic hydroxyl groups is 3. The van der Waals surface area contributed by atoms with E-state index in [1.54, 1.807) is 0 Å². The van der Waals surface area contributed by atoms with Crippen molar-refractivity contribution in [1.29, 1.82) is 0 Å². The zero-order valence-electron chi connectivity index (χ0n) is 17.9. The van der Waals surface area contributed by atoms with Crippen LogP contribution in [0.5, 0.6) is 34.5 Å². The Morgan fingerprint density at radius 1 is 0.882 bits per heavy atom. The van der Waals surface area contributed by atoms with Gasteiger partial charge in [0.1, 0.15) is 40.8 Å². The average Bonchev–Trinajstić information content (AvgIpc) is 2.80.